The highest BCUT2D eigenvalue weighted by molar-refractivity contribution is 5.33. The van der Waals surface area contributed by atoms with Gasteiger partial charge in [-0.15, -0.1) is 0 Å². The van der Waals surface area contributed by atoms with E-state index in [-0.39, 0.29) is 5.41 Å². The first-order valence-corrected chi connectivity index (χ1v) is 7.71. The van der Waals surface area contributed by atoms with Gasteiger partial charge in [-0.3, -0.25) is 0 Å². The van der Waals surface area contributed by atoms with Gasteiger partial charge in [0.2, 0.25) is 0 Å². The van der Waals surface area contributed by atoms with E-state index in [1.54, 1.807) is 0 Å². The predicted molar refractivity (Wildman–Crippen MR) is 88.1 cm³/mol. The van der Waals surface area contributed by atoms with E-state index in [9.17, 15) is 0 Å². The maximum Gasteiger partial charge on any atom is 0.00162 e. The van der Waals surface area contributed by atoms with Crippen LogP contribution in [0.25, 0.3) is 0 Å². The summed E-state index contributed by atoms with van der Waals surface area (Å²) in [5.74, 6) is 1.14. The largest absolute Gasteiger partial charge is 0.0648 e. The molecule has 0 bridgehead atoms. The Morgan fingerprint density at radius 1 is 0.850 bits per heavy atom. The highest BCUT2D eigenvalue weighted by Gasteiger charge is 2.38. The molecule has 2 aromatic rings. The molecule has 0 saturated carbocycles. The number of hydrogen-bond acceptors (Lipinski definition) is 0. The van der Waals surface area contributed by atoms with Gasteiger partial charge >= 0.3 is 0 Å². The van der Waals surface area contributed by atoms with Gasteiger partial charge in [0.1, 0.15) is 0 Å². The van der Waals surface area contributed by atoms with E-state index in [2.05, 4.69) is 88.4 Å². The van der Waals surface area contributed by atoms with Crippen molar-refractivity contribution in [1.29, 1.82) is 0 Å². The van der Waals surface area contributed by atoms with E-state index in [1.165, 1.54) is 11.1 Å². The Balaban J connectivity index is 2.52. The van der Waals surface area contributed by atoms with Crippen LogP contribution in [0.4, 0.5) is 0 Å². The van der Waals surface area contributed by atoms with Crippen LogP contribution >= 0.6 is 0 Å². The summed E-state index contributed by atoms with van der Waals surface area (Å²) in [6, 6.07) is 22.0. The van der Waals surface area contributed by atoms with Gasteiger partial charge in [0.25, 0.3) is 0 Å². The normalized spacial score (nSPS) is 15.8. The molecule has 106 valence electrons. The molecule has 0 aliphatic carbocycles. The summed E-state index contributed by atoms with van der Waals surface area (Å²) in [7, 11) is 0. The summed E-state index contributed by atoms with van der Waals surface area (Å²) in [4.78, 5) is 0. The number of benzene rings is 2. The van der Waals surface area contributed by atoms with Gasteiger partial charge in [-0.05, 0) is 29.4 Å². The molecule has 0 aromatic heterocycles. The van der Waals surface area contributed by atoms with Gasteiger partial charge in [0.15, 0.2) is 0 Å². The summed E-state index contributed by atoms with van der Waals surface area (Å²) in [5, 5.41) is 0. The SMILES string of the molecule is CCC(c1ccccc1)C(C)(c1ccccc1)C(C)C. The first-order chi connectivity index (χ1) is 9.60. The van der Waals surface area contributed by atoms with E-state index in [0.717, 1.165) is 6.42 Å². The molecule has 2 aromatic carbocycles. The fraction of sp³-hybridized carbons (Fsp3) is 0.400. The van der Waals surface area contributed by atoms with Crippen LogP contribution in [0, 0.1) is 5.92 Å². The molecule has 0 amide bonds. The minimum Gasteiger partial charge on any atom is -0.0648 e. The molecular weight excluding hydrogens is 240 g/mol. The molecule has 0 fully saturated rings. The van der Waals surface area contributed by atoms with Crippen molar-refractivity contribution in [2.24, 2.45) is 5.92 Å². The second kappa shape index (κ2) is 6.26. The Labute approximate surface area is 123 Å². The maximum absolute atomic E-state index is 2.42. The van der Waals surface area contributed by atoms with Crippen molar-refractivity contribution < 1.29 is 0 Å². The summed E-state index contributed by atoms with van der Waals surface area (Å²) in [5.41, 5.74) is 3.07. The smallest absolute Gasteiger partial charge is 0.00162 e. The van der Waals surface area contributed by atoms with Gasteiger partial charge in [-0.25, -0.2) is 0 Å². The minimum absolute atomic E-state index is 0.164. The lowest BCUT2D eigenvalue weighted by Crippen LogP contribution is -2.35. The van der Waals surface area contributed by atoms with Crippen LogP contribution in [0.15, 0.2) is 60.7 Å². The fourth-order valence-corrected chi connectivity index (χ4v) is 3.43. The number of rotatable bonds is 5. The molecule has 2 rings (SSSR count). The zero-order valence-corrected chi connectivity index (χ0v) is 13.1. The molecule has 0 N–H and O–H groups in total. The second-order valence-electron chi connectivity index (χ2n) is 6.17. The van der Waals surface area contributed by atoms with Crippen LogP contribution < -0.4 is 0 Å². The second-order valence-corrected chi connectivity index (χ2v) is 6.17. The lowest BCUT2D eigenvalue weighted by Gasteiger charge is -2.42. The summed E-state index contributed by atoms with van der Waals surface area (Å²) < 4.78 is 0. The van der Waals surface area contributed by atoms with Crippen molar-refractivity contribution in [1.82, 2.24) is 0 Å². The molecular formula is C20H26. The van der Waals surface area contributed by atoms with Crippen LogP contribution in [0.5, 0.6) is 0 Å². The van der Waals surface area contributed by atoms with Crippen molar-refractivity contribution in [2.45, 2.75) is 45.4 Å². The zero-order valence-electron chi connectivity index (χ0n) is 13.1. The van der Waals surface area contributed by atoms with Crippen LogP contribution in [-0.2, 0) is 5.41 Å². The lowest BCUT2D eigenvalue weighted by molar-refractivity contribution is 0.268. The fourth-order valence-electron chi connectivity index (χ4n) is 3.43. The van der Waals surface area contributed by atoms with Gasteiger partial charge in [-0.1, -0.05) is 88.4 Å². The van der Waals surface area contributed by atoms with E-state index in [4.69, 9.17) is 0 Å². The summed E-state index contributed by atoms with van der Waals surface area (Å²) in [6.45, 7) is 9.42. The quantitative estimate of drug-likeness (QED) is 0.642. The third-order valence-electron chi connectivity index (χ3n) is 4.93. The Morgan fingerprint density at radius 2 is 1.35 bits per heavy atom. The third-order valence-corrected chi connectivity index (χ3v) is 4.93. The predicted octanol–water partition coefficient (Wildman–Crippen LogP) is 5.79. The standard InChI is InChI=1S/C20H26/c1-5-19(17-12-8-6-9-13-17)20(4,16(2)3)18-14-10-7-11-15-18/h6-16,19H,5H2,1-4H3. The Hall–Kier alpha value is -1.56. The van der Waals surface area contributed by atoms with Crippen LogP contribution in [-0.4, -0.2) is 0 Å². The molecule has 0 aliphatic heterocycles. The average molecular weight is 266 g/mol. The maximum atomic E-state index is 2.42. The van der Waals surface area contributed by atoms with Gasteiger partial charge < -0.3 is 0 Å². The first kappa shape index (κ1) is 14.8. The molecule has 0 aliphatic rings. The van der Waals surface area contributed by atoms with E-state index in [1.807, 2.05) is 0 Å². The molecule has 0 radical (unpaired) electrons. The van der Waals surface area contributed by atoms with E-state index in [0.29, 0.717) is 11.8 Å². The first-order valence-electron chi connectivity index (χ1n) is 7.71. The average Bonchev–Trinajstić information content (AvgIpc) is 2.49. The van der Waals surface area contributed by atoms with Crippen molar-refractivity contribution in [3.05, 3.63) is 71.8 Å². The number of hydrogen-bond donors (Lipinski definition) is 0. The highest BCUT2D eigenvalue weighted by Crippen LogP contribution is 2.46. The van der Waals surface area contributed by atoms with E-state index < -0.39 is 0 Å². The molecule has 0 spiro atoms. The van der Waals surface area contributed by atoms with Crippen molar-refractivity contribution in [3.8, 4) is 0 Å². The summed E-state index contributed by atoms with van der Waals surface area (Å²) in [6.07, 6.45) is 1.16. The van der Waals surface area contributed by atoms with Crippen molar-refractivity contribution >= 4 is 0 Å². The Kier molecular flexibility index (Phi) is 4.65. The topological polar surface area (TPSA) is 0 Å². The molecule has 0 heteroatoms. The zero-order chi connectivity index (χ0) is 14.6. The Bertz CT molecular complexity index is 512. The van der Waals surface area contributed by atoms with Crippen molar-refractivity contribution in [3.63, 3.8) is 0 Å². The van der Waals surface area contributed by atoms with Crippen molar-refractivity contribution in [2.75, 3.05) is 0 Å². The third kappa shape index (κ3) is 2.65. The monoisotopic (exact) mass is 266 g/mol. The van der Waals surface area contributed by atoms with Gasteiger partial charge in [0, 0.05) is 5.41 Å². The molecule has 0 nitrogen and oxygen atoms in total. The van der Waals surface area contributed by atoms with Crippen LogP contribution in [0.2, 0.25) is 0 Å². The van der Waals surface area contributed by atoms with Crippen LogP contribution in [0.3, 0.4) is 0 Å². The minimum atomic E-state index is 0.164. The van der Waals surface area contributed by atoms with Crippen LogP contribution in [0.1, 0.15) is 51.2 Å². The molecule has 2 atom stereocenters. The molecule has 2 unspecified atom stereocenters. The summed E-state index contributed by atoms with van der Waals surface area (Å²) >= 11 is 0. The van der Waals surface area contributed by atoms with Gasteiger partial charge in [-0.2, -0.15) is 0 Å². The van der Waals surface area contributed by atoms with E-state index >= 15 is 0 Å². The Morgan fingerprint density at radius 3 is 1.80 bits per heavy atom. The highest BCUT2D eigenvalue weighted by atomic mass is 14.4. The molecule has 20 heavy (non-hydrogen) atoms. The molecule has 0 saturated heterocycles. The van der Waals surface area contributed by atoms with Gasteiger partial charge in [0.05, 0.1) is 0 Å². The molecule has 0 heterocycles. The lowest BCUT2D eigenvalue weighted by atomic mass is 9.62.